The molecule has 0 aromatic heterocycles. The van der Waals surface area contributed by atoms with Crippen molar-refractivity contribution >= 4 is 46.4 Å². The van der Waals surface area contributed by atoms with Gasteiger partial charge in [0.1, 0.15) is 12.2 Å². The Kier molecular flexibility index (Phi) is 10.9. The normalized spacial score (nSPS) is 13.6. The Labute approximate surface area is 217 Å². The van der Waals surface area contributed by atoms with Crippen molar-refractivity contribution in [1.82, 2.24) is 0 Å². The van der Waals surface area contributed by atoms with Gasteiger partial charge in [0.15, 0.2) is 11.5 Å². The minimum atomic E-state index is -0.495. The fraction of sp³-hybridized carbons (Fsp3) is 0.520. The van der Waals surface area contributed by atoms with Gasteiger partial charge in [-0.15, -0.1) is 0 Å². The molecule has 0 aliphatic carbocycles. The summed E-state index contributed by atoms with van der Waals surface area (Å²) in [6.07, 6.45) is 3.27. The SMILES string of the molecule is CCCC(CN)Oc1c(Cl)cc(C(C)(C)c2cc(Cl)c(OC(CN)CCC)c(Cl)c2)cc1Cl. The summed E-state index contributed by atoms with van der Waals surface area (Å²) in [7, 11) is 0. The summed E-state index contributed by atoms with van der Waals surface area (Å²) in [6.45, 7) is 9.04. The highest BCUT2D eigenvalue weighted by atomic mass is 35.5. The molecule has 184 valence electrons. The average molecular weight is 536 g/mol. The zero-order chi connectivity index (χ0) is 24.8. The summed E-state index contributed by atoms with van der Waals surface area (Å²) in [5.41, 5.74) is 13.0. The Hall–Kier alpha value is -0.880. The number of halogens is 4. The van der Waals surface area contributed by atoms with Gasteiger partial charge >= 0.3 is 0 Å². The molecule has 0 fully saturated rings. The Morgan fingerprint density at radius 1 is 0.697 bits per heavy atom. The molecular weight excluding hydrogens is 502 g/mol. The van der Waals surface area contributed by atoms with Crippen LogP contribution in [0.4, 0.5) is 0 Å². The molecule has 4 N–H and O–H groups in total. The minimum Gasteiger partial charge on any atom is -0.486 e. The van der Waals surface area contributed by atoms with Crippen LogP contribution in [0.15, 0.2) is 24.3 Å². The molecule has 4 nitrogen and oxygen atoms in total. The topological polar surface area (TPSA) is 70.5 Å². The van der Waals surface area contributed by atoms with Crippen LogP contribution in [0.5, 0.6) is 11.5 Å². The first kappa shape index (κ1) is 28.4. The molecule has 2 aromatic rings. The van der Waals surface area contributed by atoms with Gasteiger partial charge in [0.2, 0.25) is 0 Å². The second-order valence-corrected chi connectivity index (χ2v) is 10.3. The molecule has 2 aromatic carbocycles. The zero-order valence-electron chi connectivity index (χ0n) is 19.7. The van der Waals surface area contributed by atoms with Gasteiger partial charge in [0, 0.05) is 18.5 Å². The Bertz CT molecular complexity index is 817. The third kappa shape index (κ3) is 7.06. The highest BCUT2D eigenvalue weighted by molar-refractivity contribution is 6.38. The van der Waals surface area contributed by atoms with E-state index >= 15 is 0 Å². The lowest BCUT2D eigenvalue weighted by Crippen LogP contribution is -2.27. The first-order chi connectivity index (χ1) is 15.6. The number of ether oxygens (including phenoxy) is 2. The van der Waals surface area contributed by atoms with Crippen LogP contribution >= 0.6 is 46.4 Å². The Balaban J connectivity index is 2.39. The number of nitrogens with two attached hydrogens (primary N) is 2. The number of hydrogen-bond donors (Lipinski definition) is 2. The quantitative estimate of drug-likeness (QED) is 0.293. The maximum Gasteiger partial charge on any atom is 0.156 e. The molecule has 2 unspecified atom stereocenters. The smallest absolute Gasteiger partial charge is 0.156 e. The van der Waals surface area contributed by atoms with Gasteiger partial charge in [-0.05, 0) is 48.2 Å². The molecule has 0 bridgehead atoms. The van der Waals surface area contributed by atoms with E-state index in [2.05, 4.69) is 27.7 Å². The molecule has 0 aliphatic heterocycles. The van der Waals surface area contributed by atoms with Gasteiger partial charge in [-0.3, -0.25) is 0 Å². The number of benzene rings is 2. The number of hydrogen-bond acceptors (Lipinski definition) is 4. The summed E-state index contributed by atoms with van der Waals surface area (Å²) < 4.78 is 12.0. The van der Waals surface area contributed by atoms with E-state index in [-0.39, 0.29) is 12.2 Å². The first-order valence-electron chi connectivity index (χ1n) is 11.3. The van der Waals surface area contributed by atoms with E-state index in [0.29, 0.717) is 44.7 Å². The summed E-state index contributed by atoms with van der Waals surface area (Å²) in [5.74, 6) is 0.899. The van der Waals surface area contributed by atoms with Crippen LogP contribution < -0.4 is 20.9 Å². The van der Waals surface area contributed by atoms with Crippen molar-refractivity contribution in [3.05, 3.63) is 55.5 Å². The second-order valence-electron chi connectivity index (χ2n) is 8.69. The van der Waals surface area contributed by atoms with Gasteiger partial charge in [-0.25, -0.2) is 0 Å². The molecule has 2 atom stereocenters. The van der Waals surface area contributed by atoms with E-state index in [0.717, 1.165) is 36.8 Å². The predicted octanol–water partition coefficient (Wildman–Crippen LogP) is 7.64. The molecule has 0 aliphatic rings. The van der Waals surface area contributed by atoms with E-state index in [1.807, 2.05) is 24.3 Å². The van der Waals surface area contributed by atoms with E-state index in [1.54, 1.807) is 0 Å². The van der Waals surface area contributed by atoms with Crippen LogP contribution in [0.1, 0.15) is 64.5 Å². The summed E-state index contributed by atoms with van der Waals surface area (Å²) in [6, 6.07) is 7.45. The maximum atomic E-state index is 6.59. The van der Waals surface area contributed by atoms with Crippen molar-refractivity contribution in [3.63, 3.8) is 0 Å². The first-order valence-corrected chi connectivity index (χ1v) is 12.8. The van der Waals surface area contributed by atoms with E-state index in [9.17, 15) is 0 Å². The summed E-state index contributed by atoms with van der Waals surface area (Å²) in [4.78, 5) is 0. The monoisotopic (exact) mass is 534 g/mol. The molecule has 0 amide bonds. The lowest BCUT2D eigenvalue weighted by atomic mass is 9.78. The Morgan fingerprint density at radius 3 is 1.24 bits per heavy atom. The molecule has 33 heavy (non-hydrogen) atoms. The van der Waals surface area contributed by atoms with Crippen molar-refractivity contribution < 1.29 is 9.47 Å². The fourth-order valence-corrected chi connectivity index (χ4v) is 4.81. The van der Waals surface area contributed by atoms with E-state index in [1.165, 1.54) is 0 Å². The molecular formula is C25H34Cl4N2O2. The predicted molar refractivity (Wildman–Crippen MR) is 142 cm³/mol. The summed E-state index contributed by atoms with van der Waals surface area (Å²) in [5, 5.41) is 1.73. The van der Waals surface area contributed by atoms with Crippen molar-refractivity contribution in [1.29, 1.82) is 0 Å². The lowest BCUT2D eigenvalue weighted by Gasteiger charge is -2.29. The van der Waals surface area contributed by atoms with Crippen LogP contribution in [0.3, 0.4) is 0 Å². The number of rotatable bonds is 12. The molecule has 8 heteroatoms. The van der Waals surface area contributed by atoms with Crippen molar-refractivity contribution in [3.8, 4) is 11.5 Å². The highest BCUT2D eigenvalue weighted by Gasteiger charge is 2.28. The molecule has 0 saturated heterocycles. The van der Waals surface area contributed by atoms with Crippen LogP contribution in [0.2, 0.25) is 20.1 Å². The van der Waals surface area contributed by atoms with Crippen LogP contribution in [-0.4, -0.2) is 25.3 Å². The van der Waals surface area contributed by atoms with Crippen LogP contribution in [0.25, 0.3) is 0 Å². The highest BCUT2D eigenvalue weighted by Crippen LogP contribution is 2.44. The Morgan fingerprint density at radius 2 is 1.00 bits per heavy atom. The minimum absolute atomic E-state index is 0.140. The van der Waals surface area contributed by atoms with Crippen molar-refractivity contribution in [2.45, 2.75) is 71.0 Å². The van der Waals surface area contributed by atoms with E-state index < -0.39 is 5.41 Å². The second kappa shape index (κ2) is 12.7. The lowest BCUT2D eigenvalue weighted by molar-refractivity contribution is 0.198. The largest absolute Gasteiger partial charge is 0.486 e. The molecule has 0 radical (unpaired) electrons. The molecule has 2 rings (SSSR count). The van der Waals surface area contributed by atoms with Crippen LogP contribution in [0, 0.1) is 0 Å². The summed E-state index contributed by atoms with van der Waals surface area (Å²) >= 11 is 26.3. The molecule has 0 heterocycles. The van der Waals surface area contributed by atoms with Gasteiger partial charge in [0.05, 0.1) is 20.1 Å². The zero-order valence-corrected chi connectivity index (χ0v) is 22.7. The van der Waals surface area contributed by atoms with Gasteiger partial charge in [0.25, 0.3) is 0 Å². The van der Waals surface area contributed by atoms with Gasteiger partial charge in [-0.1, -0.05) is 86.9 Å². The molecule has 0 spiro atoms. The van der Waals surface area contributed by atoms with Gasteiger partial charge in [-0.2, -0.15) is 0 Å². The van der Waals surface area contributed by atoms with Crippen molar-refractivity contribution in [2.75, 3.05) is 13.1 Å². The standard InChI is InChI=1S/C25H34Cl4N2O2/c1-5-7-17(13-30)32-23-19(26)9-15(10-20(23)27)25(3,4)16-11-21(28)24(22(29)12-16)33-18(14-31)8-6-2/h9-12,17-18H,5-8,13-14,30-31H2,1-4H3. The van der Waals surface area contributed by atoms with Gasteiger partial charge < -0.3 is 20.9 Å². The third-order valence-corrected chi connectivity index (χ3v) is 6.88. The van der Waals surface area contributed by atoms with E-state index in [4.69, 9.17) is 67.3 Å². The molecule has 0 saturated carbocycles. The van der Waals surface area contributed by atoms with Crippen molar-refractivity contribution in [2.24, 2.45) is 11.5 Å². The maximum absolute atomic E-state index is 6.59. The average Bonchev–Trinajstić information content (AvgIpc) is 2.76. The fourth-order valence-electron chi connectivity index (χ4n) is 3.66. The third-order valence-electron chi connectivity index (χ3n) is 5.76. The van der Waals surface area contributed by atoms with Crippen LogP contribution in [-0.2, 0) is 5.41 Å².